The average Bonchev–Trinajstić information content (AvgIpc) is 2.99. The summed E-state index contributed by atoms with van der Waals surface area (Å²) in [5.74, 6) is -1.07. The number of ether oxygens (including phenoxy) is 1. The van der Waals surface area contributed by atoms with Crippen LogP contribution in [0.2, 0.25) is 0 Å². The van der Waals surface area contributed by atoms with Gasteiger partial charge in [-0.1, -0.05) is 6.07 Å². The van der Waals surface area contributed by atoms with E-state index in [9.17, 15) is 9.59 Å². The SMILES string of the molecule is O=C(O)C[C@@H](NC(=O)C[C@H]1CCCO1)c1cccs1. The predicted octanol–water partition coefficient (Wildman–Crippen LogP) is 1.95. The Balaban J connectivity index is 1.91. The molecule has 1 aromatic rings. The van der Waals surface area contributed by atoms with Crippen LogP contribution in [-0.2, 0) is 14.3 Å². The van der Waals surface area contributed by atoms with E-state index in [0.717, 1.165) is 17.7 Å². The van der Waals surface area contributed by atoms with Crippen LogP contribution in [-0.4, -0.2) is 29.7 Å². The summed E-state index contributed by atoms with van der Waals surface area (Å²) in [6.45, 7) is 0.710. The van der Waals surface area contributed by atoms with Crippen LogP contribution in [0.1, 0.15) is 36.6 Å². The van der Waals surface area contributed by atoms with E-state index < -0.39 is 12.0 Å². The zero-order valence-electron chi connectivity index (χ0n) is 10.5. The summed E-state index contributed by atoms with van der Waals surface area (Å²) in [4.78, 5) is 23.6. The predicted molar refractivity (Wildman–Crippen MR) is 71.0 cm³/mol. The highest BCUT2D eigenvalue weighted by atomic mass is 32.1. The maximum absolute atomic E-state index is 11.9. The van der Waals surface area contributed by atoms with Crippen LogP contribution in [0.15, 0.2) is 17.5 Å². The van der Waals surface area contributed by atoms with Crippen molar-refractivity contribution in [1.29, 1.82) is 0 Å². The van der Waals surface area contributed by atoms with E-state index in [4.69, 9.17) is 9.84 Å². The van der Waals surface area contributed by atoms with Gasteiger partial charge in [-0.3, -0.25) is 9.59 Å². The van der Waals surface area contributed by atoms with Gasteiger partial charge in [0.25, 0.3) is 0 Å². The van der Waals surface area contributed by atoms with Crippen molar-refractivity contribution in [3.8, 4) is 0 Å². The van der Waals surface area contributed by atoms with Crippen molar-refractivity contribution in [3.05, 3.63) is 22.4 Å². The van der Waals surface area contributed by atoms with Crippen molar-refractivity contribution in [1.82, 2.24) is 5.32 Å². The molecule has 0 aromatic carbocycles. The fourth-order valence-electron chi connectivity index (χ4n) is 2.15. The molecule has 1 aliphatic rings. The minimum atomic E-state index is -0.921. The molecule has 6 heteroatoms. The quantitative estimate of drug-likeness (QED) is 0.836. The molecule has 1 amide bonds. The first kappa shape index (κ1) is 14.0. The molecule has 0 saturated carbocycles. The lowest BCUT2D eigenvalue weighted by Crippen LogP contribution is -2.32. The molecule has 0 spiro atoms. The molecule has 2 rings (SSSR count). The third-order valence-corrected chi connectivity index (χ3v) is 4.02. The van der Waals surface area contributed by atoms with Gasteiger partial charge < -0.3 is 15.2 Å². The van der Waals surface area contributed by atoms with Gasteiger partial charge in [-0.25, -0.2) is 0 Å². The number of carbonyl (C=O) groups excluding carboxylic acids is 1. The number of thiophene rings is 1. The largest absolute Gasteiger partial charge is 0.481 e. The average molecular weight is 283 g/mol. The van der Waals surface area contributed by atoms with Gasteiger partial charge >= 0.3 is 5.97 Å². The minimum Gasteiger partial charge on any atom is -0.481 e. The fraction of sp³-hybridized carbons (Fsp3) is 0.538. The number of carbonyl (C=O) groups is 2. The van der Waals surface area contributed by atoms with Crippen molar-refractivity contribution >= 4 is 23.2 Å². The number of hydrogen-bond acceptors (Lipinski definition) is 4. The Hall–Kier alpha value is -1.40. The van der Waals surface area contributed by atoms with Gasteiger partial charge in [0.1, 0.15) is 0 Å². The molecule has 1 aromatic heterocycles. The van der Waals surface area contributed by atoms with Crippen molar-refractivity contribution < 1.29 is 19.4 Å². The van der Waals surface area contributed by atoms with Crippen molar-refractivity contribution in [2.75, 3.05) is 6.61 Å². The zero-order chi connectivity index (χ0) is 13.7. The Labute approximate surface area is 115 Å². The molecule has 2 heterocycles. The molecule has 2 atom stereocenters. The first-order valence-corrected chi connectivity index (χ1v) is 7.19. The molecule has 5 nitrogen and oxygen atoms in total. The monoisotopic (exact) mass is 283 g/mol. The van der Waals surface area contributed by atoms with Crippen LogP contribution in [0, 0.1) is 0 Å². The summed E-state index contributed by atoms with van der Waals surface area (Å²) in [7, 11) is 0. The van der Waals surface area contributed by atoms with Gasteiger partial charge in [0.05, 0.1) is 25.0 Å². The molecule has 0 aliphatic carbocycles. The maximum atomic E-state index is 11.9. The van der Waals surface area contributed by atoms with Crippen molar-refractivity contribution in [2.45, 2.75) is 37.8 Å². The first-order chi connectivity index (χ1) is 9.15. The summed E-state index contributed by atoms with van der Waals surface area (Å²) in [6.07, 6.45) is 2.07. The third-order valence-electron chi connectivity index (χ3n) is 3.04. The molecule has 19 heavy (non-hydrogen) atoms. The number of nitrogens with one attached hydrogen (secondary N) is 1. The Morgan fingerprint density at radius 1 is 1.58 bits per heavy atom. The smallest absolute Gasteiger partial charge is 0.305 e. The Morgan fingerprint density at radius 3 is 3.00 bits per heavy atom. The van der Waals surface area contributed by atoms with E-state index in [2.05, 4.69) is 5.32 Å². The van der Waals surface area contributed by atoms with Gasteiger partial charge in [0.15, 0.2) is 0 Å². The van der Waals surface area contributed by atoms with Crippen molar-refractivity contribution in [2.24, 2.45) is 0 Å². The second-order valence-electron chi connectivity index (χ2n) is 4.57. The summed E-state index contributed by atoms with van der Waals surface area (Å²) in [5.41, 5.74) is 0. The van der Waals surface area contributed by atoms with E-state index >= 15 is 0 Å². The molecular weight excluding hydrogens is 266 g/mol. The van der Waals surface area contributed by atoms with Gasteiger partial charge in [-0.05, 0) is 24.3 Å². The summed E-state index contributed by atoms with van der Waals surface area (Å²) < 4.78 is 5.40. The normalized spacial score (nSPS) is 20.1. The number of rotatable bonds is 6. The molecule has 1 fully saturated rings. The third kappa shape index (κ3) is 4.33. The van der Waals surface area contributed by atoms with Crippen LogP contribution in [0.4, 0.5) is 0 Å². The van der Waals surface area contributed by atoms with E-state index in [1.807, 2.05) is 17.5 Å². The highest BCUT2D eigenvalue weighted by molar-refractivity contribution is 7.10. The Morgan fingerprint density at radius 2 is 2.42 bits per heavy atom. The molecule has 104 valence electrons. The fourth-order valence-corrected chi connectivity index (χ4v) is 2.93. The number of carboxylic acids is 1. The Bertz CT molecular complexity index is 426. The lowest BCUT2D eigenvalue weighted by Gasteiger charge is -2.17. The number of aliphatic carboxylic acids is 1. The van der Waals surface area contributed by atoms with E-state index in [1.165, 1.54) is 11.3 Å². The summed E-state index contributed by atoms with van der Waals surface area (Å²) in [5, 5.41) is 13.6. The van der Waals surface area contributed by atoms with Crippen LogP contribution >= 0.6 is 11.3 Å². The maximum Gasteiger partial charge on any atom is 0.305 e. The first-order valence-electron chi connectivity index (χ1n) is 6.31. The molecule has 2 N–H and O–H groups in total. The van der Waals surface area contributed by atoms with Gasteiger partial charge in [0.2, 0.25) is 5.91 Å². The topological polar surface area (TPSA) is 75.6 Å². The highest BCUT2D eigenvalue weighted by Crippen LogP contribution is 2.23. The van der Waals surface area contributed by atoms with E-state index in [0.29, 0.717) is 13.0 Å². The van der Waals surface area contributed by atoms with Crippen LogP contribution < -0.4 is 5.32 Å². The molecule has 1 aliphatic heterocycles. The van der Waals surface area contributed by atoms with Gasteiger partial charge in [-0.15, -0.1) is 11.3 Å². The van der Waals surface area contributed by atoms with E-state index in [1.54, 1.807) is 0 Å². The van der Waals surface area contributed by atoms with Crippen LogP contribution in [0.5, 0.6) is 0 Å². The van der Waals surface area contributed by atoms with Gasteiger partial charge in [0, 0.05) is 11.5 Å². The molecule has 0 unspecified atom stereocenters. The molecule has 1 saturated heterocycles. The molecule has 0 bridgehead atoms. The highest BCUT2D eigenvalue weighted by Gasteiger charge is 2.23. The number of hydrogen-bond donors (Lipinski definition) is 2. The van der Waals surface area contributed by atoms with Crippen molar-refractivity contribution in [3.63, 3.8) is 0 Å². The summed E-state index contributed by atoms with van der Waals surface area (Å²) in [6, 6.07) is 3.23. The van der Waals surface area contributed by atoms with E-state index in [-0.39, 0.29) is 18.4 Å². The minimum absolute atomic E-state index is 0.0196. The number of amides is 1. The Kier molecular flexibility index (Phi) is 4.93. The second-order valence-corrected chi connectivity index (χ2v) is 5.55. The number of carboxylic acid groups (broad SMARTS) is 1. The lowest BCUT2D eigenvalue weighted by molar-refractivity contribution is -0.137. The molecule has 0 radical (unpaired) electrons. The standard InChI is InChI=1S/C13H17NO4S/c15-12(7-9-3-1-5-18-9)14-10(8-13(16)17)11-4-2-6-19-11/h2,4,6,9-10H,1,3,5,7-8H2,(H,14,15)(H,16,17)/t9-,10-/m1/s1. The second kappa shape index (κ2) is 6.68. The lowest BCUT2D eigenvalue weighted by atomic mass is 10.1. The van der Waals surface area contributed by atoms with Crippen LogP contribution in [0.25, 0.3) is 0 Å². The molecular formula is C13H17NO4S. The zero-order valence-corrected chi connectivity index (χ0v) is 11.3. The summed E-state index contributed by atoms with van der Waals surface area (Å²) >= 11 is 1.45. The van der Waals surface area contributed by atoms with Gasteiger partial charge in [-0.2, -0.15) is 0 Å². The van der Waals surface area contributed by atoms with Crippen LogP contribution in [0.3, 0.4) is 0 Å².